The molecule has 1 aliphatic carbocycles. The first-order valence-corrected chi connectivity index (χ1v) is 5.34. The fourth-order valence-electron chi connectivity index (χ4n) is 1.92. The summed E-state index contributed by atoms with van der Waals surface area (Å²) < 4.78 is 0. The quantitative estimate of drug-likeness (QED) is 0.610. The molecule has 0 bridgehead atoms. The summed E-state index contributed by atoms with van der Waals surface area (Å²) in [6.07, 6.45) is 4.98. The highest BCUT2D eigenvalue weighted by atomic mass is 15.1. The van der Waals surface area contributed by atoms with Crippen LogP contribution in [0.15, 0.2) is 0 Å². The topological polar surface area (TPSA) is 41.3 Å². The maximum atomic E-state index is 5.95. The van der Waals surface area contributed by atoms with Gasteiger partial charge in [0.25, 0.3) is 0 Å². The van der Waals surface area contributed by atoms with Crippen LogP contribution in [0.4, 0.5) is 0 Å². The Bertz CT molecular complexity index is 136. The molecule has 0 amide bonds. The van der Waals surface area contributed by atoms with Crippen molar-refractivity contribution in [2.75, 3.05) is 27.2 Å². The molecule has 3 heteroatoms. The third-order valence-corrected chi connectivity index (χ3v) is 2.76. The molecule has 0 saturated heterocycles. The van der Waals surface area contributed by atoms with Crippen LogP contribution in [0, 0.1) is 0 Å². The summed E-state index contributed by atoms with van der Waals surface area (Å²) in [6.45, 7) is 2.27. The van der Waals surface area contributed by atoms with Crippen molar-refractivity contribution >= 4 is 0 Å². The smallest absolute Gasteiger partial charge is 0.0219 e. The number of nitrogens with zero attached hydrogens (tertiary/aromatic N) is 1. The Balaban J connectivity index is 1.99. The van der Waals surface area contributed by atoms with Crippen LogP contribution in [0.1, 0.15) is 25.7 Å². The molecule has 1 aliphatic rings. The molecule has 0 spiro atoms. The molecule has 3 N–H and O–H groups in total. The number of nitrogens with two attached hydrogens (primary N) is 1. The van der Waals surface area contributed by atoms with Crippen molar-refractivity contribution in [1.82, 2.24) is 10.2 Å². The number of hydrogen-bond donors (Lipinski definition) is 2. The summed E-state index contributed by atoms with van der Waals surface area (Å²) in [4.78, 5) is 2.22. The van der Waals surface area contributed by atoms with Crippen LogP contribution in [0.2, 0.25) is 0 Å². The number of hydrogen-bond acceptors (Lipinski definition) is 3. The van der Waals surface area contributed by atoms with E-state index in [2.05, 4.69) is 24.3 Å². The molecule has 3 nitrogen and oxygen atoms in total. The van der Waals surface area contributed by atoms with E-state index in [4.69, 9.17) is 5.73 Å². The molecule has 2 atom stereocenters. The van der Waals surface area contributed by atoms with Crippen LogP contribution in [-0.4, -0.2) is 44.2 Å². The lowest BCUT2D eigenvalue weighted by Gasteiger charge is -2.17. The summed E-state index contributed by atoms with van der Waals surface area (Å²) in [6, 6.07) is 0.988. The van der Waals surface area contributed by atoms with E-state index in [0.717, 1.165) is 13.1 Å². The van der Waals surface area contributed by atoms with Gasteiger partial charge >= 0.3 is 0 Å². The molecule has 0 heterocycles. The Morgan fingerprint density at radius 2 is 2.15 bits per heavy atom. The fraction of sp³-hybridized carbons (Fsp3) is 1.00. The monoisotopic (exact) mass is 185 g/mol. The van der Waals surface area contributed by atoms with Crippen molar-refractivity contribution < 1.29 is 0 Å². The van der Waals surface area contributed by atoms with Gasteiger partial charge in [-0.05, 0) is 46.4 Å². The van der Waals surface area contributed by atoms with Crippen LogP contribution < -0.4 is 11.1 Å². The van der Waals surface area contributed by atoms with Crippen molar-refractivity contribution in [3.63, 3.8) is 0 Å². The van der Waals surface area contributed by atoms with E-state index in [-0.39, 0.29) is 0 Å². The molecule has 13 heavy (non-hydrogen) atoms. The van der Waals surface area contributed by atoms with E-state index in [1.165, 1.54) is 25.7 Å². The van der Waals surface area contributed by atoms with Gasteiger partial charge in [-0.1, -0.05) is 6.42 Å². The van der Waals surface area contributed by atoms with E-state index in [1.807, 2.05) is 0 Å². The van der Waals surface area contributed by atoms with Crippen LogP contribution in [0.3, 0.4) is 0 Å². The van der Waals surface area contributed by atoms with Crippen molar-refractivity contribution in [3.8, 4) is 0 Å². The average molecular weight is 185 g/mol. The summed E-state index contributed by atoms with van der Waals surface area (Å²) >= 11 is 0. The maximum absolute atomic E-state index is 5.95. The molecule has 1 fully saturated rings. The summed E-state index contributed by atoms with van der Waals surface area (Å²) in [5, 5.41) is 3.54. The van der Waals surface area contributed by atoms with Gasteiger partial charge in [-0.3, -0.25) is 0 Å². The SMILES string of the molecule is CN(C)CCCN[C@H]1CCC[C@H]1N. The Morgan fingerprint density at radius 1 is 1.38 bits per heavy atom. The lowest BCUT2D eigenvalue weighted by molar-refractivity contribution is 0.381. The summed E-state index contributed by atoms with van der Waals surface area (Å²) in [5.41, 5.74) is 5.95. The van der Waals surface area contributed by atoms with E-state index in [9.17, 15) is 0 Å². The van der Waals surface area contributed by atoms with Crippen LogP contribution in [0.25, 0.3) is 0 Å². The Labute approximate surface area is 81.7 Å². The molecule has 0 aromatic heterocycles. The largest absolute Gasteiger partial charge is 0.326 e. The predicted molar refractivity (Wildman–Crippen MR) is 56.8 cm³/mol. The van der Waals surface area contributed by atoms with Gasteiger partial charge in [0, 0.05) is 12.1 Å². The van der Waals surface area contributed by atoms with Crippen molar-refractivity contribution in [1.29, 1.82) is 0 Å². The Hall–Kier alpha value is -0.120. The number of rotatable bonds is 5. The second-order valence-corrected chi connectivity index (χ2v) is 4.31. The third-order valence-electron chi connectivity index (χ3n) is 2.76. The highest BCUT2D eigenvalue weighted by Crippen LogP contribution is 2.16. The zero-order chi connectivity index (χ0) is 9.68. The molecule has 0 aliphatic heterocycles. The van der Waals surface area contributed by atoms with E-state index in [0.29, 0.717) is 12.1 Å². The van der Waals surface area contributed by atoms with Gasteiger partial charge in [-0.25, -0.2) is 0 Å². The first-order valence-electron chi connectivity index (χ1n) is 5.34. The van der Waals surface area contributed by atoms with Crippen molar-refractivity contribution in [2.24, 2.45) is 5.73 Å². The van der Waals surface area contributed by atoms with E-state index >= 15 is 0 Å². The zero-order valence-corrected chi connectivity index (χ0v) is 8.92. The first-order chi connectivity index (χ1) is 6.20. The summed E-state index contributed by atoms with van der Waals surface area (Å²) in [7, 11) is 4.22. The van der Waals surface area contributed by atoms with Crippen LogP contribution in [0.5, 0.6) is 0 Å². The maximum Gasteiger partial charge on any atom is 0.0219 e. The predicted octanol–water partition coefficient (Wildman–Crippen LogP) is 0.408. The Kier molecular flexibility index (Phi) is 4.70. The average Bonchev–Trinajstić information content (AvgIpc) is 2.45. The molecule has 1 saturated carbocycles. The molecule has 0 aromatic carbocycles. The lowest BCUT2D eigenvalue weighted by Crippen LogP contribution is -2.41. The molecular weight excluding hydrogens is 162 g/mol. The van der Waals surface area contributed by atoms with Gasteiger partial charge in [0.1, 0.15) is 0 Å². The first kappa shape index (κ1) is 11.0. The molecular formula is C10H23N3. The van der Waals surface area contributed by atoms with Crippen molar-refractivity contribution in [2.45, 2.75) is 37.8 Å². The van der Waals surface area contributed by atoms with E-state index in [1.54, 1.807) is 0 Å². The minimum absolute atomic E-state index is 0.402. The standard InChI is InChI=1S/C10H23N3/c1-13(2)8-4-7-12-10-6-3-5-9(10)11/h9-10,12H,3-8,11H2,1-2H3/t9-,10+/m1/s1. The molecule has 1 rings (SSSR count). The van der Waals surface area contributed by atoms with Gasteiger partial charge in [0.15, 0.2) is 0 Å². The third kappa shape index (κ3) is 4.07. The molecule has 78 valence electrons. The normalized spacial score (nSPS) is 28.6. The van der Waals surface area contributed by atoms with Crippen LogP contribution >= 0.6 is 0 Å². The van der Waals surface area contributed by atoms with Gasteiger partial charge in [0.2, 0.25) is 0 Å². The lowest BCUT2D eigenvalue weighted by atomic mass is 10.2. The second kappa shape index (κ2) is 5.58. The fourth-order valence-corrected chi connectivity index (χ4v) is 1.92. The van der Waals surface area contributed by atoms with Crippen molar-refractivity contribution in [3.05, 3.63) is 0 Å². The highest BCUT2D eigenvalue weighted by Gasteiger charge is 2.22. The summed E-state index contributed by atoms with van der Waals surface area (Å²) in [5.74, 6) is 0. The van der Waals surface area contributed by atoms with Crippen LogP contribution in [-0.2, 0) is 0 Å². The highest BCUT2D eigenvalue weighted by molar-refractivity contribution is 4.85. The molecule has 0 radical (unpaired) electrons. The molecule has 0 aromatic rings. The van der Waals surface area contributed by atoms with Gasteiger partial charge in [-0.15, -0.1) is 0 Å². The van der Waals surface area contributed by atoms with Gasteiger partial charge < -0.3 is 16.0 Å². The zero-order valence-electron chi connectivity index (χ0n) is 8.92. The Morgan fingerprint density at radius 3 is 2.69 bits per heavy atom. The molecule has 0 unspecified atom stereocenters. The second-order valence-electron chi connectivity index (χ2n) is 4.31. The van der Waals surface area contributed by atoms with Gasteiger partial charge in [-0.2, -0.15) is 0 Å². The van der Waals surface area contributed by atoms with E-state index < -0.39 is 0 Å². The minimum Gasteiger partial charge on any atom is -0.326 e. The van der Waals surface area contributed by atoms with Gasteiger partial charge in [0.05, 0.1) is 0 Å². The number of nitrogens with one attached hydrogen (secondary N) is 1. The minimum atomic E-state index is 0.402.